The van der Waals surface area contributed by atoms with Crippen molar-refractivity contribution in [3.63, 3.8) is 0 Å². The van der Waals surface area contributed by atoms with Crippen LogP contribution in [0, 0.1) is 6.92 Å². The van der Waals surface area contributed by atoms with E-state index in [4.69, 9.17) is 10.5 Å². The third kappa shape index (κ3) is 3.45. The second kappa shape index (κ2) is 6.47. The van der Waals surface area contributed by atoms with Gasteiger partial charge < -0.3 is 20.3 Å². The highest BCUT2D eigenvalue weighted by Crippen LogP contribution is 2.16. The Morgan fingerprint density at radius 2 is 1.81 bits per heavy atom. The first-order valence-electron chi connectivity index (χ1n) is 7.10. The SMILES string of the molecule is CCOC(=O)N1CCN(C(=O)c2ccc(C)c(N)c2)CC1. The van der Waals surface area contributed by atoms with Crippen molar-refractivity contribution in [1.82, 2.24) is 9.80 Å². The van der Waals surface area contributed by atoms with Crippen LogP contribution >= 0.6 is 0 Å². The summed E-state index contributed by atoms with van der Waals surface area (Å²) in [5.41, 5.74) is 8.00. The number of ether oxygens (including phenoxy) is 1. The van der Waals surface area contributed by atoms with Gasteiger partial charge in [0, 0.05) is 37.4 Å². The lowest BCUT2D eigenvalue weighted by Crippen LogP contribution is -2.50. The molecule has 6 nitrogen and oxygen atoms in total. The van der Waals surface area contributed by atoms with E-state index in [0.717, 1.165) is 5.56 Å². The van der Waals surface area contributed by atoms with Gasteiger partial charge in [-0.15, -0.1) is 0 Å². The molecule has 114 valence electrons. The molecule has 1 aliphatic rings. The van der Waals surface area contributed by atoms with Crippen molar-refractivity contribution in [2.45, 2.75) is 13.8 Å². The van der Waals surface area contributed by atoms with Gasteiger partial charge in [0.05, 0.1) is 6.61 Å². The van der Waals surface area contributed by atoms with Crippen LogP contribution < -0.4 is 5.73 Å². The van der Waals surface area contributed by atoms with Crippen molar-refractivity contribution in [1.29, 1.82) is 0 Å². The molecule has 0 saturated carbocycles. The van der Waals surface area contributed by atoms with E-state index in [1.165, 1.54) is 0 Å². The number of aryl methyl sites for hydroxylation is 1. The molecule has 0 spiro atoms. The molecule has 0 aliphatic carbocycles. The number of rotatable bonds is 2. The van der Waals surface area contributed by atoms with Gasteiger partial charge >= 0.3 is 6.09 Å². The lowest BCUT2D eigenvalue weighted by molar-refractivity contribution is 0.0570. The summed E-state index contributed by atoms with van der Waals surface area (Å²) < 4.78 is 4.96. The quantitative estimate of drug-likeness (QED) is 0.838. The fraction of sp³-hybridized carbons (Fsp3) is 0.467. The van der Waals surface area contributed by atoms with E-state index < -0.39 is 0 Å². The fourth-order valence-electron chi connectivity index (χ4n) is 2.26. The molecule has 0 atom stereocenters. The highest BCUT2D eigenvalue weighted by atomic mass is 16.6. The van der Waals surface area contributed by atoms with E-state index in [9.17, 15) is 9.59 Å². The van der Waals surface area contributed by atoms with Crippen LogP contribution in [0.25, 0.3) is 0 Å². The van der Waals surface area contributed by atoms with E-state index in [-0.39, 0.29) is 12.0 Å². The zero-order valence-corrected chi connectivity index (χ0v) is 12.5. The summed E-state index contributed by atoms with van der Waals surface area (Å²) >= 11 is 0. The van der Waals surface area contributed by atoms with Gasteiger partial charge in [-0.2, -0.15) is 0 Å². The van der Waals surface area contributed by atoms with Crippen LogP contribution in [0.3, 0.4) is 0 Å². The fourth-order valence-corrected chi connectivity index (χ4v) is 2.26. The van der Waals surface area contributed by atoms with Crippen LogP contribution in [-0.2, 0) is 4.74 Å². The average Bonchev–Trinajstić information content (AvgIpc) is 2.50. The van der Waals surface area contributed by atoms with Gasteiger partial charge in [-0.25, -0.2) is 4.79 Å². The monoisotopic (exact) mass is 291 g/mol. The Balaban J connectivity index is 1.97. The van der Waals surface area contributed by atoms with Crippen LogP contribution in [-0.4, -0.2) is 54.6 Å². The smallest absolute Gasteiger partial charge is 0.409 e. The molecule has 1 fully saturated rings. The molecular weight excluding hydrogens is 270 g/mol. The molecule has 2 N–H and O–H groups in total. The summed E-state index contributed by atoms with van der Waals surface area (Å²) in [4.78, 5) is 27.4. The van der Waals surface area contributed by atoms with E-state index in [2.05, 4.69) is 0 Å². The molecule has 2 amide bonds. The van der Waals surface area contributed by atoms with E-state index in [1.807, 2.05) is 13.0 Å². The van der Waals surface area contributed by atoms with Crippen LogP contribution in [0.5, 0.6) is 0 Å². The lowest BCUT2D eigenvalue weighted by Gasteiger charge is -2.34. The minimum absolute atomic E-state index is 0.0507. The number of carbonyl (C=O) groups is 2. The first-order valence-corrected chi connectivity index (χ1v) is 7.10. The highest BCUT2D eigenvalue weighted by Gasteiger charge is 2.25. The van der Waals surface area contributed by atoms with Gasteiger partial charge in [0.1, 0.15) is 0 Å². The predicted molar refractivity (Wildman–Crippen MR) is 80.1 cm³/mol. The number of amides is 2. The van der Waals surface area contributed by atoms with Crippen LogP contribution in [0.4, 0.5) is 10.5 Å². The lowest BCUT2D eigenvalue weighted by atomic mass is 10.1. The Morgan fingerprint density at radius 1 is 1.19 bits per heavy atom. The molecule has 1 aromatic carbocycles. The highest BCUT2D eigenvalue weighted by molar-refractivity contribution is 5.95. The molecule has 1 saturated heterocycles. The number of nitrogens with zero attached hydrogens (tertiary/aromatic N) is 2. The normalized spacial score (nSPS) is 15.0. The van der Waals surface area contributed by atoms with E-state index in [0.29, 0.717) is 44.0 Å². The number of hydrogen-bond donors (Lipinski definition) is 1. The second-order valence-corrected chi connectivity index (χ2v) is 5.05. The standard InChI is InChI=1S/C15H21N3O3/c1-3-21-15(20)18-8-6-17(7-9-18)14(19)12-5-4-11(2)13(16)10-12/h4-5,10H,3,6-9,16H2,1-2H3. The predicted octanol–water partition coefficient (Wildman–Crippen LogP) is 1.49. The van der Waals surface area contributed by atoms with Gasteiger partial charge in [-0.3, -0.25) is 4.79 Å². The third-order valence-corrected chi connectivity index (χ3v) is 3.62. The Bertz CT molecular complexity index is 537. The number of hydrogen-bond acceptors (Lipinski definition) is 4. The molecule has 0 aromatic heterocycles. The zero-order valence-electron chi connectivity index (χ0n) is 12.5. The molecule has 1 heterocycles. The summed E-state index contributed by atoms with van der Waals surface area (Å²) in [5, 5.41) is 0. The third-order valence-electron chi connectivity index (χ3n) is 3.62. The van der Waals surface area contributed by atoms with Crippen molar-refractivity contribution in [3.05, 3.63) is 29.3 Å². The molecule has 0 bridgehead atoms. The second-order valence-electron chi connectivity index (χ2n) is 5.05. The van der Waals surface area contributed by atoms with Crippen molar-refractivity contribution >= 4 is 17.7 Å². The van der Waals surface area contributed by atoms with Gasteiger partial charge in [0.25, 0.3) is 5.91 Å². The van der Waals surface area contributed by atoms with Crippen LogP contribution in [0.1, 0.15) is 22.8 Å². The average molecular weight is 291 g/mol. The zero-order chi connectivity index (χ0) is 15.4. The minimum atomic E-state index is -0.316. The number of anilines is 1. The van der Waals surface area contributed by atoms with Crippen molar-refractivity contribution in [2.24, 2.45) is 0 Å². The maximum Gasteiger partial charge on any atom is 0.409 e. The summed E-state index contributed by atoms with van der Waals surface area (Å²) in [6.07, 6.45) is -0.316. The van der Waals surface area contributed by atoms with Crippen molar-refractivity contribution in [3.8, 4) is 0 Å². The van der Waals surface area contributed by atoms with Gasteiger partial charge in [-0.1, -0.05) is 6.07 Å². The maximum absolute atomic E-state index is 12.4. The van der Waals surface area contributed by atoms with Crippen molar-refractivity contribution < 1.29 is 14.3 Å². The summed E-state index contributed by atoms with van der Waals surface area (Å²) in [6, 6.07) is 5.33. The van der Waals surface area contributed by atoms with Crippen molar-refractivity contribution in [2.75, 3.05) is 38.5 Å². The minimum Gasteiger partial charge on any atom is -0.450 e. The number of nitrogen functional groups attached to an aromatic ring is 1. The molecule has 1 aliphatic heterocycles. The Labute approximate surface area is 124 Å². The van der Waals surface area contributed by atoms with Crippen LogP contribution in [0.2, 0.25) is 0 Å². The maximum atomic E-state index is 12.4. The molecule has 0 unspecified atom stereocenters. The summed E-state index contributed by atoms with van der Waals surface area (Å²) in [7, 11) is 0. The number of piperazine rings is 1. The molecular formula is C15H21N3O3. The Hall–Kier alpha value is -2.24. The van der Waals surface area contributed by atoms with Gasteiger partial charge in [0.15, 0.2) is 0 Å². The van der Waals surface area contributed by atoms with E-state index in [1.54, 1.807) is 28.9 Å². The van der Waals surface area contributed by atoms with Gasteiger partial charge in [0.2, 0.25) is 0 Å². The van der Waals surface area contributed by atoms with Gasteiger partial charge in [-0.05, 0) is 31.5 Å². The number of carbonyl (C=O) groups excluding carboxylic acids is 2. The number of nitrogens with two attached hydrogens (primary N) is 1. The number of benzene rings is 1. The largest absolute Gasteiger partial charge is 0.450 e. The summed E-state index contributed by atoms with van der Waals surface area (Å²) in [6.45, 7) is 6.04. The first-order chi connectivity index (χ1) is 10.0. The first kappa shape index (κ1) is 15.2. The Morgan fingerprint density at radius 3 is 2.38 bits per heavy atom. The molecule has 6 heteroatoms. The molecule has 21 heavy (non-hydrogen) atoms. The molecule has 2 rings (SSSR count). The topological polar surface area (TPSA) is 75.9 Å². The molecule has 0 radical (unpaired) electrons. The molecule has 1 aromatic rings. The Kier molecular flexibility index (Phi) is 4.67. The van der Waals surface area contributed by atoms with E-state index >= 15 is 0 Å². The summed E-state index contributed by atoms with van der Waals surface area (Å²) in [5.74, 6) is -0.0507. The van der Waals surface area contributed by atoms with Crippen LogP contribution in [0.15, 0.2) is 18.2 Å².